The molecule has 3 aromatic rings. The number of aromatic amines is 1. The minimum atomic E-state index is -4.76. The van der Waals surface area contributed by atoms with Crippen molar-refractivity contribution in [3.63, 3.8) is 0 Å². The third kappa shape index (κ3) is 5.88. The fourth-order valence-electron chi connectivity index (χ4n) is 2.98. The van der Waals surface area contributed by atoms with Crippen LogP contribution in [0, 0.1) is 19.7 Å². The van der Waals surface area contributed by atoms with Gasteiger partial charge in [0.1, 0.15) is 23.1 Å². The van der Waals surface area contributed by atoms with Gasteiger partial charge in [-0.1, -0.05) is 17.7 Å². The molecule has 1 unspecified atom stereocenters. The summed E-state index contributed by atoms with van der Waals surface area (Å²) in [5.74, 6) is -2.73. The number of nitrogens with zero attached hydrogens (tertiary/aromatic N) is 2. The maximum Gasteiger partial charge on any atom is 0.425 e. The van der Waals surface area contributed by atoms with Crippen molar-refractivity contribution in [1.82, 2.24) is 15.2 Å². The van der Waals surface area contributed by atoms with E-state index in [4.69, 9.17) is 16.3 Å². The number of anilines is 2. The van der Waals surface area contributed by atoms with E-state index in [9.17, 15) is 22.8 Å². The Balaban J connectivity index is 2.11. The largest absolute Gasteiger partial charge is 0.480 e. The van der Waals surface area contributed by atoms with E-state index in [1.807, 2.05) is 0 Å². The first-order valence-electron chi connectivity index (χ1n) is 10.1. The van der Waals surface area contributed by atoms with E-state index in [-0.39, 0.29) is 27.9 Å². The van der Waals surface area contributed by atoms with E-state index in [0.717, 1.165) is 19.1 Å². The molecule has 2 heterocycles. The van der Waals surface area contributed by atoms with Crippen LogP contribution in [0.4, 0.5) is 29.1 Å². The third-order valence-electron chi connectivity index (χ3n) is 4.89. The van der Waals surface area contributed by atoms with Gasteiger partial charge < -0.3 is 15.4 Å². The van der Waals surface area contributed by atoms with Crippen molar-refractivity contribution in [2.45, 2.75) is 40.0 Å². The number of alkyl halides is 3. The summed E-state index contributed by atoms with van der Waals surface area (Å²) in [7, 11) is 0. The van der Waals surface area contributed by atoms with Gasteiger partial charge in [-0.2, -0.15) is 18.3 Å². The number of ether oxygens (including phenoxy) is 1. The fourth-order valence-corrected chi connectivity index (χ4v) is 3.21. The summed E-state index contributed by atoms with van der Waals surface area (Å²) in [4.78, 5) is 28.5. The molecule has 3 rings (SSSR count). The molecule has 8 nitrogen and oxygen atoms in total. The number of benzene rings is 1. The number of carbonyl (C=O) groups excluding carboxylic acids is 2. The van der Waals surface area contributed by atoms with Crippen LogP contribution in [0.1, 0.15) is 35.5 Å². The highest BCUT2D eigenvalue weighted by atomic mass is 35.5. The summed E-state index contributed by atoms with van der Waals surface area (Å²) in [5.41, 5.74) is 0.289. The lowest BCUT2D eigenvalue weighted by molar-refractivity contribution is -0.189. The SMILES string of the molecule is CC(=O)Nc1nc(-c2cc(OC(C)C(F)(F)F)c(C(=O)Nc3c(Cl)n[nH]c3C)cc2F)ccc1C. The Bertz CT molecular complexity index is 1270. The molecule has 0 radical (unpaired) electrons. The second-order valence-corrected chi connectivity index (χ2v) is 8.00. The van der Waals surface area contributed by atoms with Crippen LogP contribution >= 0.6 is 11.6 Å². The lowest BCUT2D eigenvalue weighted by Gasteiger charge is -2.20. The second kappa shape index (κ2) is 9.90. The van der Waals surface area contributed by atoms with Crippen molar-refractivity contribution >= 4 is 34.9 Å². The molecular formula is C22H20ClF4N5O3. The maximum absolute atomic E-state index is 15.1. The predicted octanol–water partition coefficient (Wildman–Crippen LogP) is 5.42. The molecule has 0 bridgehead atoms. The van der Waals surface area contributed by atoms with Gasteiger partial charge in [0.25, 0.3) is 5.91 Å². The van der Waals surface area contributed by atoms with E-state index in [1.54, 1.807) is 19.9 Å². The van der Waals surface area contributed by atoms with Crippen molar-refractivity contribution in [1.29, 1.82) is 0 Å². The Morgan fingerprint density at radius 1 is 1.17 bits per heavy atom. The van der Waals surface area contributed by atoms with E-state index < -0.39 is 41.2 Å². The fraction of sp³-hybridized carbons (Fsp3) is 0.273. The third-order valence-corrected chi connectivity index (χ3v) is 5.16. The van der Waals surface area contributed by atoms with Crippen LogP contribution in [0.25, 0.3) is 11.3 Å². The number of halogens is 5. The summed E-state index contributed by atoms with van der Waals surface area (Å²) >= 11 is 5.91. The number of rotatable bonds is 6. The Morgan fingerprint density at radius 2 is 1.86 bits per heavy atom. The monoisotopic (exact) mass is 513 g/mol. The molecule has 0 aliphatic carbocycles. The lowest BCUT2D eigenvalue weighted by Crippen LogP contribution is -2.32. The minimum Gasteiger partial charge on any atom is -0.480 e. The number of nitrogens with one attached hydrogen (secondary N) is 3. The number of pyridine rings is 1. The zero-order chi connectivity index (χ0) is 26.1. The average Bonchev–Trinajstić information content (AvgIpc) is 3.07. The van der Waals surface area contributed by atoms with Gasteiger partial charge in [-0.25, -0.2) is 9.37 Å². The normalized spacial score (nSPS) is 12.3. The summed E-state index contributed by atoms with van der Waals surface area (Å²) in [5, 5.41) is 11.0. The average molecular weight is 514 g/mol. The van der Waals surface area contributed by atoms with Gasteiger partial charge in [0.15, 0.2) is 11.3 Å². The van der Waals surface area contributed by atoms with E-state index in [1.165, 1.54) is 13.0 Å². The predicted molar refractivity (Wildman–Crippen MR) is 121 cm³/mol. The molecule has 13 heteroatoms. The number of amides is 2. The van der Waals surface area contributed by atoms with Crippen molar-refractivity contribution in [2.75, 3.05) is 10.6 Å². The lowest BCUT2D eigenvalue weighted by atomic mass is 10.0. The van der Waals surface area contributed by atoms with Crippen LogP contribution in [0.3, 0.4) is 0 Å². The topological polar surface area (TPSA) is 109 Å². The van der Waals surface area contributed by atoms with Gasteiger partial charge in [-0.3, -0.25) is 14.7 Å². The smallest absolute Gasteiger partial charge is 0.425 e. The Labute approximate surface area is 202 Å². The Hall–Kier alpha value is -3.67. The first kappa shape index (κ1) is 25.9. The van der Waals surface area contributed by atoms with Crippen molar-refractivity contribution in [3.05, 3.63) is 52.1 Å². The summed E-state index contributed by atoms with van der Waals surface area (Å²) in [6.07, 6.45) is -7.07. The van der Waals surface area contributed by atoms with E-state index in [2.05, 4.69) is 25.8 Å². The van der Waals surface area contributed by atoms with Gasteiger partial charge >= 0.3 is 6.18 Å². The Morgan fingerprint density at radius 3 is 2.43 bits per heavy atom. The molecule has 0 fully saturated rings. The molecule has 2 amide bonds. The molecule has 1 aromatic carbocycles. The highest BCUT2D eigenvalue weighted by Crippen LogP contribution is 2.34. The number of carbonyl (C=O) groups is 2. The highest BCUT2D eigenvalue weighted by Gasteiger charge is 2.39. The van der Waals surface area contributed by atoms with E-state index >= 15 is 4.39 Å². The molecule has 3 N–H and O–H groups in total. The van der Waals surface area contributed by atoms with Gasteiger partial charge in [-0.05, 0) is 44.5 Å². The van der Waals surface area contributed by atoms with Crippen LogP contribution in [0.2, 0.25) is 5.15 Å². The van der Waals surface area contributed by atoms with Crippen LogP contribution in [0.15, 0.2) is 24.3 Å². The molecule has 0 saturated heterocycles. The maximum atomic E-state index is 15.1. The first-order chi connectivity index (χ1) is 16.3. The summed E-state index contributed by atoms with van der Waals surface area (Å²) in [6.45, 7) is 5.23. The van der Waals surface area contributed by atoms with Crippen LogP contribution in [-0.2, 0) is 4.79 Å². The molecule has 35 heavy (non-hydrogen) atoms. The number of aromatic nitrogens is 3. The molecule has 0 spiro atoms. The van der Waals surface area contributed by atoms with Crippen molar-refractivity contribution < 1.29 is 31.9 Å². The number of hydrogen-bond acceptors (Lipinski definition) is 5. The molecule has 0 saturated carbocycles. The molecule has 1 atom stereocenters. The number of aryl methyl sites for hydroxylation is 2. The van der Waals surface area contributed by atoms with Gasteiger partial charge in [0.2, 0.25) is 5.91 Å². The standard InChI is InChI=1S/C22H20ClF4N5O3/c1-9-5-6-16(29-20(9)28-12(4)33)13-8-17(35-11(3)22(25,26)27)14(7-15(13)24)21(34)30-18-10(2)31-32-19(18)23/h5-8,11H,1-4H3,(H,30,34)(H,31,32)(H,28,29,33). The zero-order valence-electron chi connectivity index (χ0n) is 18.9. The minimum absolute atomic E-state index is 0.00189. The van der Waals surface area contributed by atoms with E-state index in [0.29, 0.717) is 11.3 Å². The van der Waals surface area contributed by atoms with Gasteiger partial charge in [0.05, 0.1) is 17.0 Å². The van der Waals surface area contributed by atoms with Crippen LogP contribution < -0.4 is 15.4 Å². The van der Waals surface area contributed by atoms with Gasteiger partial charge in [0, 0.05) is 12.5 Å². The highest BCUT2D eigenvalue weighted by molar-refractivity contribution is 6.33. The van der Waals surface area contributed by atoms with Crippen molar-refractivity contribution in [2.24, 2.45) is 0 Å². The molecule has 0 aliphatic rings. The molecule has 186 valence electrons. The molecule has 0 aliphatic heterocycles. The Kier molecular flexibility index (Phi) is 7.34. The summed E-state index contributed by atoms with van der Waals surface area (Å²) in [6, 6.07) is 4.66. The molecular weight excluding hydrogens is 494 g/mol. The zero-order valence-corrected chi connectivity index (χ0v) is 19.7. The second-order valence-electron chi connectivity index (χ2n) is 7.64. The van der Waals surface area contributed by atoms with Gasteiger partial charge in [-0.15, -0.1) is 0 Å². The van der Waals surface area contributed by atoms with Crippen LogP contribution in [0.5, 0.6) is 5.75 Å². The number of H-pyrrole nitrogens is 1. The number of hydrogen-bond donors (Lipinski definition) is 3. The molecule has 2 aromatic heterocycles. The first-order valence-corrected chi connectivity index (χ1v) is 10.5. The summed E-state index contributed by atoms with van der Waals surface area (Å²) < 4.78 is 59.8. The van der Waals surface area contributed by atoms with Crippen LogP contribution in [-0.4, -0.2) is 39.3 Å². The quantitative estimate of drug-likeness (QED) is 0.381. The van der Waals surface area contributed by atoms with Crippen molar-refractivity contribution in [3.8, 4) is 17.0 Å².